The number of nitrogens with one attached hydrogen (secondary N) is 2. The number of urea groups is 1. The largest absolute Gasteiger partial charge is 0.378 e. The Bertz CT molecular complexity index is 1030. The van der Waals surface area contributed by atoms with Crippen LogP contribution in [0.5, 0.6) is 0 Å². The quantitative estimate of drug-likeness (QED) is 0.684. The molecule has 150 valence electrons. The van der Waals surface area contributed by atoms with Crippen molar-refractivity contribution in [2.24, 2.45) is 0 Å². The van der Waals surface area contributed by atoms with E-state index < -0.39 is 0 Å². The lowest BCUT2D eigenvalue weighted by Gasteiger charge is -2.28. The second kappa shape index (κ2) is 8.49. The molecule has 29 heavy (non-hydrogen) atoms. The van der Waals surface area contributed by atoms with Crippen LogP contribution in [0.25, 0.3) is 10.9 Å². The summed E-state index contributed by atoms with van der Waals surface area (Å²) in [6.07, 6.45) is 0.864. The molecule has 2 N–H and O–H groups in total. The summed E-state index contributed by atoms with van der Waals surface area (Å²) in [5.41, 5.74) is 4.75. The van der Waals surface area contributed by atoms with Gasteiger partial charge in [0.1, 0.15) is 5.82 Å². The van der Waals surface area contributed by atoms with Crippen LogP contribution in [0.3, 0.4) is 0 Å². The molecule has 0 spiro atoms. The Balaban J connectivity index is 1.52. The summed E-state index contributed by atoms with van der Waals surface area (Å²) < 4.78 is 5.43. The van der Waals surface area contributed by atoms with Gasteiger partial charge in [-0.05, 0) is 54.8 Å². The van der Waals surface area contributed by atoms with Crippen molar-refractivity contribution in [3.8, 4) is 0 Å². The first kappa shape index (κ1) is 19.2. The van der Waals surface area contributed by atoms with Gasteiger partial charge in [0.15, 0.2) is 0 Å². The molecule has 2 amide bonds. The fourth-order valence-electron chi connectivity index (χ4n) is 3.64. The van der Waals surface area contributed by atoms with Crippen molar-refractivity contribution in [1.29, 1.82) is 0 Å². The fourth-order valence-corrected chi connectivity index (χ4v) is 3.64. The fraction of sp³-hybridized carbons (Fsp3) is 0.304. The molecule has 1 aliphatic rings. The molecule has 0 radical (unpaired) electrons. The summed E-state index contributed by atoms with van der Waals surface area (Å²) in [4.78, 5) is 19.5. The molecule has 1 aliphatic heterocycles. The van der Waals surface area contributed by atoms with Gasteiger partial charge in [-0.25, -0.2) is 9.78 Å². The van der Waals surface area contributed by atoms with Crippen molar-refractivity contribution in [3.63, 3.8) is 0 Å². The highest BCUT2D eigenvalue weighted by molar-refractivity contribution is 6.01. The monoisotopic (exact) mass is 390 g/mol. The van der Waals surface area contributed by atoms with Crippen LogP contribution in [0.2, 0.25) is 0 Å². The maximum Gasteiger partial charge on any atom is 0.323 e. The number of morpholine rings is 1. The molecule has 1 saturated heterocycles. The van der Waals surface area contributed by atoms with Crippen LogP contribution in [0.15, 0.2) is 48.5 Å². The second-order valence-electron chi connectivity index (χ2n) is 7.22. The number of aryl methyl sites for hydroxylation is 2. The molecule has 3 aromatic rings. The van der Waals surface area contributed by atoms with E-state index in [4.69, 9.17) is 9.72 Å². The van der Waals surface area contributed by atoms with Crippen molar-refractivity contribution in [2.45, 2.75) is 20.3 Å². The predicted octanol–water partition coefficient (Wildman–Crippen LogP) is 4.59. The minimum absolute atomic E-state index is 0.249. The third kappa shape index (κ3) is 4.32. The number of anilines is 3. The van der Waals surface area contributed by atoms with Gasteiger partial charge in [0.2, 0.25) is 0 Å². The van der Waals surface area contributed by atoms with E-state index in [1.807, 2.05) is 42.5 Å². The molecule has 6 nitrogen and oxygen atoms in total. The van der Waals surface area contributed by atoms with Gasteiger partial charge in [0.25, 0.3) is 0 Å². The molecule has 4 rings (SSSR count). The number of nitrogens with zero attached hydrogens (tertiary/aromatic N) is 2. The van der Waals surface area contributed by atoms with E-state index >= 15 is 0 Å². The minimum Gasteiger partial charge on any atom is -0.378 e. The van der Waals surface area contributed by atoms with Crippen LogP contribution < -0.4 is 15.5 Å². The third-order valence-electron chi connectivity index (χ3n) is 5.24. The van der Waals surface area contributed by atoms with E-state index in [0.29, 0.717) is 0 Å². The summed E-state index contributed by atoms with van der Waals surface area (Å²) in [7, 11) is 0. The lowest BCUT2D eigenvalue weighted by atomic mass is 10.1. The summed E-state index contributed by atoms with van der Waals surface area (Å²) in [6.45, 7) is 7.34. The first-order valence-electron chi connectivity index (χ1n) is 10.0. The number of amides is 2. The molecular weight excluding hydrogens is 364 g/mol. The number of ether oxygens (including phenoxy) is 1. The standard InChI is InChI=1S/C23H26N4O2/c1-3-17-6-4-5-7-20(17)26-23(28)24-18-8-9-21-19(15-18)16(2)14-22(25-21)27-10-12-29-13-11-27/h4-9,14-15H,3,10-13H2,1-2H3,(H2,24,26,28). The van der Waals surface area contributed by atoms with Crippen molar-refractivity contribution in [3.05, 3.63) is 59.7 Å². The molecule has 0 aliphatic carbocycles. The van der Waals surface area contributed by atoms with Crippen LogP contribution >= 0.6 is 0 Å². The number of aromatic nitrogens is 1. The molecule has 1 aromatic heterocycles. The number of pyridine rings is 1. The maximum absolute atomic E-state index is 12.5. The van der Waals surface area contributed by atoms with E-state index in [1.165, 1.54) is 0 Å². The van der Waals surface area contributed by atoms with Crippen LogP contribution in [0.1, 0.15) is 18.1 Å². The summed E-state index contributed by atoms with van der Waals surface area (Å²) in [5.74, 6) is 0.980. The SMILES string of the molecule is CCc1ccccc1NC(=O)Nc1ccc2nc(N3CCOCC3)cc(C)c2c1. The topological polar surface area (TPSA) is 66.5 Å². The zero-order chi connectivity index (χ0) is 20.2. The van der Waals surface area contributed by atoms with Crippen molar-refractivity contribution >= 4 is 34.1 Å². The van der Waals surface area contributed by atoms with Gasteiger partial charge in [-0.2, -0.15) is 0 Å². The number of hydrogen-bond donors (Lipinski definition) is 2. The lowest BCUT2D eigenvalue weighted by Crippen LogP contribution is -2.36. The molecule has 0 unspecified atom stereocenters. The normalized spacial score (nSPS) is 14.1. The van der Waals surface area contributed by atoms with Gasteiger partial charge < -0.3 is 20.3 Å². The first-order valence-corrected chi connectivity index (χ1v) is 10.0. The van der Waals surface area contributed by atoms with Gasteiger partial charge in [-0.1, -0.05) is 25.1 Å². The molecule has 6 heteroatoms. The van der Waals surface area contributed by atoms with E-state index in [2.05, 4.69) is 35.4 Å². The zero-order valence-corrected chi connectivity index (χ0v) is 16.9. The highest BCUT2D eigenvalue weighted by Gasteiger charge is 2.14. The summed E-state index contributed by atoms with van der Waals surface area (Å²) in [6, 6.07) is 15.5. The summed E-state index contributed by atoms with van der Waals surface area (Å²) >= 11 is 0. The van der Waals surface area contributed by atoms with Gasteiger partial charge in [0, 0.05) is 29.9 Å². The number of fused-ring (bicyclic) bond motifs is 1. The summed E-state index contributed by atoms with van der Waals surface area (Å²) in [5, 5.41) is 6.91. The van der Waals surface area contributed by atoms with E-state index in [-0.39, 0.29) is 6.03 Å². The van der Waals surface area contributed by atoms with Crippen molar-refractivity contribution < 1.29 is 9.53 Å². The molecule has 0 bridgehead atoms. The highest BCUT2D eigenvalue weighted by atomic mass is 16.5. The predicted molar refractivity (Wildman–Crippen MR) is 118 cm³/mol. The average molecular weight is 390 g/mol. The van der Waals surface area contributed by atoms with Gasteiger partial charge >= 0.3 is 6.03 Å². The first-order chi connectivity index (χ1) is 14.1. The number of carbonyl (C=O) groups is 1. The Morgan fingerprint density at radius 1 is 1.10 bits per heavy atom. The highest BCUT2D eigenvalue weighted by Crippen LogP contribution is 2.26. The van der Waals surface area contributed by atoms with E-state index in [9.17, 15) is 4.79 Å². The molecule has 0 saturated carbocycles. The maximum atomic E-state index is 12.5. The smallest absolute Gasteiger partial charge is 0.323 e. The van der Waals surface area contributed by atoms with Crippen molar-refractivity contribution in [2.75, 3.05) is 41.8 Å². The van der Waals surface area contributed by atoms with Crippen molar-refractivity contribution in [1.82, 2.24) is 4.98 Å². The molecule has 2 heterocycles. The Hall–Kier alpha value is -3.12. The number of para-hydroxylation sites is 1. The average Bonchev–Trinajstić information content (AvgIpc) is 2.75. The zero-order valence-electron chi connectivity index (χ0n) is 16.9. The number of benzene rings is 2. The number of carbonyl (C=O) groups excluding carboxylic acids is 1. The van der Waals surface area contributed by atoms with Gasteiger partial charge in [-0.15, -0.1) is 0 Å². The molecule has 1 fully saturated rings. The third-order valence-corrected chi connectivity index (χ3v) is 5.24. The van der Waals surface area contributed by atoms with Gasteiger partial charge in [-0.3, -0.25) is 0 Å². The second-order valence-corrected chi connectivity index (χ2v) is 7.22. The van der Waals surface area contributed by atoms with E-state index in [0.717, 1.165) is 71.9 Å². The van der Waals surface area contributed by atoms with Crippen LogP contribution in [0.4, 0.5) is 22.0 Å². The van der Waals surface area contributed by atoms with Crippen LogP contribution in [-0.2, 0) is 11.2 Å². The molecule has 2 aromatic carbocycles. The Morgan fingerprint density at radius 3 is 2.69 bits per heavy atom. The van der Waals surface area contributed by atoms with Crippen LogP contribution in [-0.4, -0.2) is 37.3 Å². The Morgan fingerprint density at radius 2 is 1.90 bits per heavy atom. The lowest BCUT2D eigenvalue weighted by molar-refractivity contribution is 0.122. The van der Waals surface area contributed by atoms with E-state index in [1.54, 1.807) is 0 Å². The van der Waals surface area contributed by atoms with Gasteiger partial charge in [0.05, 0.1) is 18.7 Å². The number of rotatable bonds is 4. The molecule has 0 atom stereocenters. The molecular formula is C23H26N4O2. The Labute approximate surface area is 170 Å². The Kier molecular flexibility index (Phi) is 5.62. The number of hydrogen-bond acceptors (Lipinski definition) is 4. The van der Waals surface area contributed by atoms with Crippen LogP contribution in [0, 0.1) is 6.92 Å². The minimum atomic E-state index is -0.249.